The van der Waals surface area contributed by atoms with Gasteiger partial charge in [-0.1, -0.05) is 18.2 Å². The third-order valence-corrected chi connectivity index (χ3v) is 2.74. The van der Waals surface area contributed by atoms with Crippen LogP contribution >= 0.6 is 0 Å². The Labute approximate surface area is 94.7 Å². The normalized spacial score (nSPS) is 13.2. The number of fused-ring (bicyclic) bond motifs is 1. The van der Waals surface area contributed by atoms with E-state index in [1.165, 1.54) is 0 Å². The van der Waals surface area contributed by atoms with Gasteiger partial charge in [0, 0.05) is 24.9 Å². The molecule has 0 aliphatic carbocycles. The molecule has 0 saturated carbocycles. The maximum absolute atomic E-state index is 9.58. The largest absolute Gasteiger partial charge is 0.391 e. The SMILES string of the molecule is CCn1nc(CC(O)CN)c2ccccc21. The third-order valence-electron chi connectivity index (χ3n) is 2.74. The standard InChI is InChI=1S/C12H17N3O/c1-2-15-12-6-4-3-5-10(12)11(14-15)7-9(16)8-13/h3-6,9,16H,2,7-8,13H2,1H3. The van der Waals surface area contributed by atoms with Gasteiger partial charge >= 0.3 is 0 Å². The number of hydrogen-bond acceptors (Lipinski definition) is 3. The molecular formula is C12H17N3O. The van der Waals surface area contributed by atoms with Crippen LogP contribution in [0.4, 0.5) is 0 Å². The van der Waals surface area contributed by atoms with Crippen LogP contribution in [0, 0.1) is 0 Å². The summed E-state index contributed by atoms with van der Waals surface area (Å²) in [5.41, 5.74) is 7.46. The van der Waals surface area contributed by atoms with Crippen LogP contribution in [0.1, 0.15) is 12.6 Å². The second-order valence-electron chi connectivity index (χ2n) is 3.87. The number of nitrogens with zero attached hydrogens (tertiary/aromatic N) is 2. The molecule has 1 atom stereocenters. The molecule has 4 nitrogen and oxygen atoms in total. The van der Waals surface area contributed by atoms with E-state index in [0.717, 1.165) is 23.1 Å². The number of hydrogen-bond donors (Lipinski definition) is 2. The average Bonchev–Trinajstić information content (AvgIpc) is 2.68. The highest BCUT2D eigenvalue weighted by Gasteiger charge is 2.12. The number of nitrogens with two attached hydrogens (primary N) is 1. The van der Waals surface area contributed by atoms with Crippen molar-refractivity contribution >= 4 is 10.9 Å². The number of rotatable bonds is 4. The first kappa shape index (κ1) is 11.1. The summed E-state index contributed by atoms with van der Waals surface area (Å²) in [7, 11) is 0. The van der Waals surface area contributed by atoms with Crippen LogP contribution in [0.25, 0.3) is 10.9 Å². The van der Waals surface area contributed by atoms with Crippen LogP contribution in [0.15, 0.2) is 24.3 Å². The van der Waals surface area contributed by atoms with Gasteiger partial charge < -0.3 is 10.8 Å². The minimum atomic E-state index is -0.511. The number of para-hydroxylation sites is 1. The van der Waals surface area contributed by atoms with Gasteiger partial charge in [0.05, 0.1) is 17.3 Å². The van der Waals surface area contributed by atoms with Gasteiger partial charge in [-0.25, -0.2) is 0 Å². The van der Waals surface area contributed by atoms with Crippen molar-refractivity contribution in [3.05, 3.63) is 30.0 Å². The van der Waals surface area contributed by atoms with Gasteiger partial charge in [0.25, 0.3) is 0 Å². The zero-order valence-electron chi connectivity index (χ0n) is 9.43. The molecule has 1 aromatic heterocycles. The van der Waals surface area contributed by atoms with Crippen LogP contribution in [0.2, 0.25) is 0 Å². The van der Waals surface area contributed by atoms with Crippen LogP contribution < -0.4 is 5.73 Å². The molecule has 86 valence electrons. The number of aliphatic hydroxyl groups is 1. The molecule has 0 radical (unpaired) electrons. The second kappa shape index (κ2) is 4.63. The molecule has 4 heteroatoms. The fraction of sp³-hybridized carbons (Fsp3) is 0.417. The monoisotopic (exact) mass is 219 g/mol. The summed E-state index contributed by atoms with van der Waals surface area (Å²) in [5, 5.41) is 15.2. The predicted octanol–water partition coefficient (Wildman–Crippen LogP) is 0.918. The number of benzene rings is 1. The lowest BCUT2D eigenvalue weighted by Gasteiger charge is -2.04. The first-order valence-corrected chi connectivity index (χ1v) is 5.58. The van der Waals surface area contributed by atoms with Crippen molar-refractivity contribution in [2.45, 2.75) is 26.0 Å². The zero-order chi connectivity index (χ0) is 11.5. The molecule has 0 aliphatic rings. The fourth-order valence-corrected chi connectivity index (χ4v) is 1.89. The average molecular weight is 219 g/mol. The molecule has 0 saturated heterocycles. The van der Waals surface area contributed by atoms with Crippen LogP contribution in [-0.2, 0) is 13.0 Å². The van der Waals surface area contributed by atoms with Crippen LogP contribution in [0.5, 0.6) is 0 Å². The van der Waals surface area contributed by atoms with E-state index in [1.807, 2.05) is 28.9 Å². The minimum absolute atomic E-state index is 0.271. The van der Waals surface area contributed by atoms with E-state index in [0.29, 0.717) is 6.42 Å². The van der Waals surface area contributed by atoms with Crippen molar-refractivity contribution in [2.75, 3.05) is 6.54 Å². The Hall–Kier alpha value is -1.39. The van der Waals surface area contributed by atoms with E-state index < -0.39 is 6.10 Å². The number of aliphatic hydroxyl groups excluding tert-OH is 1. The van der Waals surface area contributed by atoms with E-state index in [-0.39, 0.29) is 6.54 Å². The molecule has 1 aromatic carbocycles. The summed E-state index contributed by atoms with van der Waals surface area (Å²) < 4.78 is 1.95. The highest BCUT2D eigenvalue weighted by atomic mass is 16.3. The zero-order valence-corrected chi connectivity index (χ0v) is 9.43. The lowest BCUT2D eigenvalue weighted by atomic mass is 10.1. The van der Waals surface area contributed by atoms with E-state index in [2.05, 4.69) is 12.0 Å². The first-order valence-electron chi connectivity index (χ1n) is 5.58. The fourth-order valence-electron chi connectivity index (χ4n) is 1.89. The van der Waals surface area contributed by atoms with E-state index in [1.54, 1.807) is 0 Å². The van der Waals surface area contributed by atoms with Crippen molar-refractivity contribution in [3.8, 4) is 0 Å². The lowest BCUT2D eigenvalue weighted by Crippen LogP contribution is -2.22. The Balaban J connectivity index is 2.45. The Kier molecular flexibility index (Phi) is 3.22. The van der Waals surface area contributed by atoms with Crippen molar-refractivity contribution in [2.24, 2.45) is 5.73 Å². The Bertz CT molecular complexity index is 478. The van der Waals surface area contributed by atoms with Gasteiger partial charge in [0.2, 0.25) is 0 Å². The first-order chi connectivity index (χ1) is 7.76. The summed E-state index contributed by atoms with van der Waals surface area (Å²) in [4.78, 5) is 0. The predicted molar refractivity (Wildman–Crippen MR) is 64.2 cm³/mol. The van der Waals surface area contributed by atoms with E-state index in [4.69, 9.17) is 5.73 Å². The van der Waals surface area contributed by atoms with Crippen LogP contribution in [0.3, 0.4) is 0 Å². The molecule has 1 heterocycles. The molecule has 0 fully saturated rings. The molecule has 0 aliphatic heterocycles. The Morgan fingerprint density at radius 1 is 1.44 bits per heavy atom. The van der Waals surface area contributed by atoms with Crippen molar-refractivity contribution < 1.29 is 5.11 Å². The summed E-state index contributed by atoms with van der Waals surface area (Å²) in [6, 6.07) is 8.07. The van der Waals surface area contributed by atoms with Crippen LogP contribution in [-0.4, -0.2) is 27.5 Å². The van der Waals surface area contributed by atoms with E-state index >= 15 is 0 Å². The summed E-state index contributed by atoms with van der Waals surface area (Å²) >= 11 is 0. The lowest BCUT2D eigenvalue weighted by molar-refractivity contribution is 0.182. The van der Waals surface area contributed by atoms with Crippen molar-refractivity contribution in [1.82, 2.24) is 9.78 Å². The number of aryl methyl sites for hydroxylation is 1. The molecule has 1 unspecified atom stereocenters. The summed E-state index contributed by atoms with van der Waals surface area (Å²) in [6.07, 6.45) is 0.00733. The molecule has 2 aromatic rings. The molecule has 0 spiro atoms. The number of aromatic nitrogens is 2. The maximum atomic E-state index is 9.58. The molecule has 2 rings (SSSR count). The maximum Gasteiger partial charge on any atom is 0.0729 e. The van der Waals surface area contributed by atoms with Crippen molar-refractivity contribution in [3.63, 3.8) is 0 Å². The van der Waals surface area contributed by atoms with Gasteiger partial charge in [-0.3, -0.25) is 4.68 Å². The smallest absolute Gasteiger partial charge is 0.0729 e. The topological polar surface area (TPSA) is 64.1 Å². The minimum Gasteiger partial charge on any atom is -0.391 e. The van der Waals surface area contributed by atoms with Gasteiger partial charge in [-0.2, -0.15) is 5.10 Å². The molecule has 3 N–H and O–H groups in total. The molecule has 0 amide bonds. The molecule has 16 heavy (non-hydrogen) atoms. The highest BCUT2D eigenvalue weighted by molar-refractivity contribution is 5.81. The Morgan fingerprint density at radius 3 is 2.88 bits per heavy atom. The van der Waals surface area contributed by atoms with Gasteiger partial charge in [-0.05, 0) is 13.0 Å². The molecular weight excluding hydrogens is 202 g/mol. The van der Waals surface area contributed by atoms with Gasteiger partial charge in [-0.15, -0.1) is 0 Å². The second-order valence-corrected chi connectivity index (χ2v) is 3.87. The van der Waals surface area contributed by atoms with Crippen molar-refractivity contribution in [1.29, 1.82) is 0 Å². The third kappa shape index (κ3) is 1.94. The summed E-state index contributed by atoms with van der Waals surface area (Å²) in [5.74, 6) is 0. The Morgan fingerprint density at radius 2 is 2.19 bits per heavy atom. The van der Waals surface area contributed by atoms with Gasteiger partial charge in [0.1, 0.15) is 0 Å². The quantitative estimate of drug-likeness (QED) is 0.803. The highest BCUT2D eigenvalue weighted by Crippen LogP contribution is 2.19. The van der Waals surface area contributed by atoms with E-state index in [9.17, 15) is 5.11 Å². The van der Waals surface area contributed by atoms with Gasteiger partial charge in [0.15, 0.2) is 0 Å². The molecule has 0 bridgehead atoms. The summed E-state index contributed by atoms with van der Waals surface area (Å²) in [6.45, 7) is 3.16.